The van der Waals surface area contributed by atoms with E-state index >= 15 is 0 Å². The van der Waals surface area contributed by atoms with Gasteiger partial charge in [-0.25, -0.2) is 0 Å². The van der Waals surface area contributed by atoms with Crippen LogP contribution in [0.1, 0.15) is 174 Å². The lowest BCUT2D eigenvalue weighted by Gasteiger charge is -2.03. The highest BCUT2D eigenvalue weighted by atomic mass is 14.0. The summed E-state index contributed by atoms with van der Waals surface area (Å²) in [6.07, 6.45) is 55.0. The van der Waals surface area contributed by atoms with Crippen LogP contribution >= 0.6 is 0 Å². The van der Waals surface area contributed by atoms with Gasteiger partial charge >= 0.3 is 0 Å². The Morgan fingerprint density at radius 3 is 0.889 bits per heavy atom. The Kier molecular flexibility index (Phi) is 33.0. The second-order valence-electron chi connectivity index (χ2n) is 10.7. The fraction of sp³-hybridized carbons (Fsp3) is 0.750. The minimum Gasteiger partial charge on any atom is -0.0882 e. The fourth-order valence-corrected chi connectivity index (χ4v) is 4.52. The molecule has 0 spiro atoms. The Labute approximate surface area is 229 Å². The van der Waals surface area contributed by atoms with Crippen molar-refractivity contribution in [3.8, 4) is 0 Å². The average Bonchev–Trinajstić information content (AvgIpc) is 2.89. The molecule has 209 valence electrons. The average molecular weight is 498 g/mol. The lowest BCUT2D eigenvalue weighted by atomic mass is 10.0. The Morgan fingerprint density at radius 2 is 0.556 bits per heavy atom. The molecule has 0 amide bonds. The molecule has 0 N–H and O–H groups in total. The van der Waals surface area contributed by atoms with Crippen molar-refractivity contribution in [2.45, 2.75) is 174 Å². The highest BCUT2D eigenvalue weighted by Crippen LogP contribution is 2.13. The van der Waals surface area contributed by atoms with Crippen LogP contribution in [-0.4, -0.2) is 0 Å². The normalized spacial score (nSPS) is 12.4. The minimum atomic E-state index is 1.12. The summed E-state index contributed by atoms with van der Waals surface area (Å²) in [6, 6.07) is 0. The van der Waals surface area contributed by atoms with Crippen LogP contribution in [-0.2, 0) is 0 Å². The molecule has 0 aromatic heterocycles. The molecule has 0 nitrogen and oxygen atoms in total. The molecule has 0 unspecified atom stereocenters. The molecule has 0 heterocycles. The summed E-state index contributed by atoms with van der Waals surface area (Å²) < 4.78 is 0. The molecule has 0 aromatic rings. The lowest BCUT2D eigenvalue weighted by Crippen LogP contribution is -1.84. The molecule has 0 rings (SSSR count). The number of hydrogen-bond donors (Lipinski definition) is 0. The van der Waals surface area contributed by atoms with Crippen LogP contribution in [0, 0.1) is 6.42 Å². The third-order valence-electron chi connectivity index (χ3n) is 6.97. The second-order valence-corrected chi connectivity index (χ2v) is 10.7. The largest absolute Gasteiger partial charge is 0.0882 e. The van der Waals surface area contributed by atoms with Crippen LogP contribution in [0.4, 0.5) is 0 Å². The Hall–Kier alpha value is -1.04. The number of rotatable bonds is 29. The minimum absolute atomic E-state index is 1.12. The first-order valence-electron chi connectivity index (χ1n) is 16.3. The number of allylic oxidation sites excluding steroid dienone is 8. The van der Waals surface area contributed by atoms with Gasteiger partial charge in [-0.15, -0.1) is 0 Å². The van der Waals surface area contributed by atoms with Gasteiger partial charge in [-0.1, -0.05) is 159 Å². The van der Waals surface area contributed by atoms with Gasteiger partial charge in [-0.05, 0) is 70.6 Å². The molecular weight excluding hydrogens is 432 g/mol. The van der Waals surface area contributed by atoms with E-state index in [1.165, 1.54) is 148 Å². The molecule has 0 saturated carbocycles. The first kappa shape index (κ1) is 35.0. The molecule has 0 heteroatoms. The van der Waals surface area contributed by atoms with E-state index in [4.69, 9.17) is 0 Å². The lowest BCUT2D eigenvalue weighted by molar-refractivity contribution is 0.579. The summed E-state index contributed by atoms with van der Waals surface area (Å²) in [5.74, 6) is 0. The van der Waals surface area contributed by atoms with Gasteiger partial charge in [-0.3, -0.25) is 0 Å². The molecule has 0 aliphatic rings. The zero-order valence-electron chi connectivity index (χ0n) is 24.9. The van der Waals surface area contributed by atoms with E-state index in [0.717, 1.165) is 12.8 Å². The topological polar surface area (TPSA) is 0 Å². The molecule has 0 aromatic carbocycles. The maximum atomic E-state index is 2.56. The predicted octanol–water partition coefficient (Wildman–Crippen LogP) is 13.2. The Balaban J connectivity index is 3.16. The van der Waals surface area contributed by atoms with Crippen LogP contribution < -0.4 is 0 Å². The van der Waals surface area contributed by atoms with Crippen molar-refractivity contribution in [2.75, 3.05) is 0 Å². The van der Waals surface area contributed by atoms with Crippen LogP contribution in [0.5, 0.6) is 0 Å². The van der Waals surface area contributed by atoms with Crippen LogP contribution in [0.15, 0.2) is 48.6 Å². The molecule has 36 heavy (non-hydrogen) atoms. The van der Waals surface area contributed by atoms with E-state index in [1.54, 1.807) is 0 Å². The van der Waals surface area contributed by atoms with Crippen LogP contribution in [0.3, 0.4) is 0 Å². The molecular formula is C36H65. The second kappa shape index (κ2) is 34.0. The highest BCUT2D eigenvalue weighted by molar-refractivity contribution is 4.93. The molecule has 0 saturated heterocycles. The van der Waals surface area contributed by atoms with E-state index in [2.05, 4.69) is 68.9 Å². The van der Waals surface area contributed by atoms with Gasteiger partial charge in [-0.2, -0.15) is 0 Å². The van der Waals surface area contributed by atoms with E-state index in [0.29, 0.717) is 0 Å². The van der Waals surface area contributed by atoms with Gasteiger partial charge < -0.3 is 0 Å². The Morgan fingerprint density at radius 1 is 0.278 bits per heavy atom. The van der Waals surface area contributed by atoms with Gasteiger partial charge in [0.2, 0.25) is 0 Å². The highest BCUT2D eigenvalue weighted by Gasteiger charge is 1.94. The van der Waals surface area contributed by atoms with E-state index in [-0.39, 0.29) is 0 Å². The summed E-state index contributed by atoms with van der Waals surface area (Å²) >= 11 is 0. The van der Waals surface area contributed by atoms with Crippen molar-refractivity contribution < 1.29 is 0 Å². The summed E-state index contributed by atoms with van der Waals surface area (Å²) in [7, 11) is 0. The maximum absolute atomic E-state index is 2.56. The summed E-state index contributed by atoms with van der Waals surface area (Å²) in [5.41, 5.74) is 0. The molecule has 0 atom stereocenters. The summed E-state index contributed by atoms with van der Waals surface area (Å²) in [6.45, 7) is 4.54. The van der Waals surface area contributed by atoms with E-state index < -0.39 is 0 Å². The third-order valence-corrected chi connectivity index (χ3v) is 6.97. The first-order chi connectivity index (χ1) is 17.9. The van der Waals surface area contributed by atoms with Crippen molar-refractivity contribution in [3.05, 3.63) is 55.0 Å². The summed E-state index contributed by atoms with van der Waals surface area (Å²) in [5, 5.41) is 0. The van der Waals surface area contributed by atoms with E-state index in [9.17, 15) is 0 Å². The third kappa shape index (κ3) is 33.0. The standard InChI is InChI=1S/C36H65/c1-3-5-7-9-11-13-15-17-19-21-23-25-27-29-31-33-35-36-34-32-30-28-26-24-22-20-18-16-14-12-10-8-6-4-2/h11-14,17-20,35H,3-10,15-16,21-34,36H2,1-2H3/b13-11-,14-12?,19-17-,20-18?. The van der Waals surface area contributed by atoms with Crippen molar-refractivity contribution in [3.63, 3.8) is 0 Å². The van der Waals surface area contributed by atoms with Gasteiger partial charge in [0.15, 0.2) is 0 Å². The van der Waals surface area contributed by atoms with Crippen molar-refractivity contribution in [2.24, 2.45) is 0 Å². The monoisotopic (exact) mass is 498 g/mol. The zero-order chi connectivity index (χ0) is 26.0. The van der Waals surface area contributed by atoms with Gasteiger partial charge in [0.05, 0.1) is 0 Å². The van der Waals surface area contributed by atoms with Crippen LogP contribution in [0.25, 0.3) is 0 Å². The molecule has 0 aliphatic carbocycles. The van der Waals surface area contributed by atoms with Gasteiger partial charge in [0.1, 0.15) is 0 Å². The Bertz CT molecular complexity index is 446. The van der Waals surface area contributed by atoms with E-state index in [1.807, 2.05) is 0 Å². The quantitative estimate of drug-likeness (QED) is 0.0711. The number of unbranched alkanes of at least 4 members (excludes halogenated alkanes) is 21. The molecule has 0 fully saturated rings. The number of hydrogen-bond acceptors (Lipinski definition) is 0. The SMILES string of the molecule is CCCCCC=CCC=CCCCCCCCC[CH]CCCCCCC/C=C\C/C=C\CCCCC. The molecule has 0 aliphatic heterocycles. The van der Waals surface area contributed by atoms with Gasteiger partial charge in [0, 0.05) is 0 Å². The first-order valence-corrected chi connectivity index (χ1v) is 16.3. The molecule has 1 radical (unpaired) electrons. The smallest absolute Gasteiger partial charge is 0.0169 e. The zero-order valence-corrected chi connectivity index (χ0v) is 24.9. The van der Waals surface area contributed by atoms with Crippen molar-refractivity contribution in [1.29, 1.82) is 0 Å². The molecule has 0 bridgehead atoms. The maximum Gasteiger partial charge on any atom is -0.0169 e. The van der Waals surface area contributed by atoms with Gasteiger partial charge in [0.25, 0.3) is 0 Å². The van der Waals surface area contributed by atoms with Crippen molar-refractivity contribution >= 4 is 0 Å². The van der Waals surface area contributed by atoms with Crippen LogP contribution in [0.2, 0.25) is 0 Å². The fourth-order valence-electron chi connectivity index (χ4n) is 4.52. The summed E-state index contributed by atoms with van der Waals surface area (Å²) in [4.78, 5) is 0. The van der Waals surface area contributed by atoms with Crippen molar-refractivity contribution in [1.82, 2.24) is 0 Å². The predicted molar refractivity (Wildman–Crippen MR) is 168 cm³/mol.